The van der Waals surface area contributed by atoms with Crippen LogP contribution in [0.25, 0.3) is 0 Å². The molecule has 0 aliphatic carbocycles. The topological polar surface area (TPSA) is 63.3 Å². The molecule has 1 aromatic rings. The zero-order chi connectivity index (χ0) is 9.30. The van der Waals surface area contributed by atoms with Gasteiger partial charge in [0.15, 0.2) is 0 Å². The van der Waals surface area contributed by atoms with Gasteiger partial charge in [-0.1, -0.05) is 0 Å². The van der Waals surface area contributed by atoms with Gasteiger partial charge in [0.2, 0.25) is 0 Å². The molecule has 1 rings (SSSR count). The van der Waals surface area contributed by atoms with E-state index in [1.54, 1.807) is 6.07 Å². The summed E-state index contributed by atoms with van der Waals surface area (Å²) in [7, 11) is 0. The number of hydrogen-bond acceptors (Lipinski definition) is 3. The maximum absolute atomic E-state index is 10.5. The molecule has 12 heavy (non-hydrogen) atoms. The Bertz CT molecular complexity index is 293. The summed E-state index contributed by atoms with van der Waals surface area (Å²) in [4.78, 5) is 11.1. The van der Waals surface area contributed by atoms with E-state index >= 15 is 0 Å². The lowest BCUT2D eigenvalue weighted by atomic mass is 10.3. The number of halogens is 2. The minimum Gasteiger partial charge on any atom is -0.480 e. The van der Waals surface area contributed by atoms with Crippen molar-refractivity contribution in [2.75, 3.05) is 0 Å². The maximum Gasteiger partial charge on any atom is 0.325 e. The fourth-order valence-electron chi connectivity index (χ4n) is 0.638. The van der Waals surface area contributed by atoms with E-state index in [-0.39, 0.29) is 0 Å². The average Bonchev–Trinajstić information content (AvgIpc) is 2.30. The fraction of sp³-hybridized carbons (Fsp3) is 0.167. The van der Waals surface area contributed by atoms with Gasteiger partial charge in [0.1, 0.15) is 6.04 Å². The van der Waals surface area contributed by atoms with Crippen molar-refractivity contribution >= 4 is 49.2 Å². The first-order chi connectivity index (χ1) is 5.52. The van der Waals surface area contributed by atoms with Gasteiger partial charge >= 0.3 is 5.97 Å². The van der Waals surface area contributed by atoms with Gasteiger partial charge in [-0.2, -0.15) is 0 Å². The van der Waals surface area contributed by atoms with E-state index in [1.165, 1.54) is 11.3 Å². The van der Waals surface area contributed by atoms with E-state index < -0.39 is 12.0 Å². The number of nitrogens with two attached hydrogens (primary N) is 1. The Balaban J connectivity index is 2.96. The second kappa shape index (κ2) is 3.87. The Kier molecular flexibility index (Phi) is 3.28. The summed E-state index contributed by atoms with van der Waals surface area (Å²) in [6, 6.07) is 0.769. The smallest absolute Gasteiger partial charge is 0.325 e. The van der Waals surface area contributed by atoms with Crippen molar-refractivity contribution in [1.29, 1.82) is 0 Å². The van der Waals surface area contributed by atoms with Crippen LogP contribution < -0.4 is 5.73 Å². The number of carboxylic acid groups (broad SMARTS) is 1. The van der Waals surface area contributed by atoms with Gasteiger partial charge in [-0.25, -0.2) is 0 Å². The van der Waals surface area contributed by atoms with Gasteiger partial charge in [0.05, 0.1) is 3.79 Å². The summed E-state index contributed by atoms with van der Waals surface area (Å²) in [5.74, 6) is -1.02. The molecule has 0 spiro atoms. The van der Waals surface area contributed by atoms with E-state index in [1.807, 2.05) is 0 Å². The molecule has 0 fully saturated rings. The molecule has 0 aliphatic rings. The monoisotopic (exact) mass is 313 g/mol. The molecular weight excluding hydrogens is 310 g/mol. The Morgan fingerprint density at radius 1 is 1.67 bits per heavy atom. The summed E-state index contributed by atoms with van der Waals surface area (Å²) >= 11 is 7.82. The van der Waals surface area contributed by atoms with E-state index in [9.17, 15) is 4.79 Å². The largest absolute Gasteiger partial charge is 0.480 e. The fourth-order valence-corrected chi connectivity index (χ4v) is 2.72. The molecule has 3 N–H and O–H groups in total. The Morgan fingerprint density at radius 2 is 2.25 bits per heavy atom. The quantitative estimate of drug-likeness (QED) is 0.881. The van der Waals surface area contributed by atoms with Crippen LogP contribution in [-0.2, 0) is 4.79 Å². The van der Waals surface area contributed by atoms with Crippen LogP contribution in [0.5, 0.6) is 0 Å². The van der Waals surface area contributed by atoms with Crippen molar-refractivity contribution in [3.05, 3.63) is 19.2 Å². The number of carbonyl (C=O) groups is 1. The minimum atomic E-state index is -1.02. The molecule has 0 radical (unpaired) electrons. The molecule has 0 aromatic carbocycles. The van der Waals surface area contributed by atoms with Gasteiger partial charge in [0, 0.05) is 9.35 Å². The molecule has 1 heterocycles. The van der Waals surface area contributed by atoms with Gasteiger partial charge in [0.25, 0.3) is 0 Å². The Hall–Kier alpha value is 0.0900. The third-order valence-electron chi connectivity index (χ3n) is 1.24. The van der Waals surface area contributed by atoms with E-state index in [4.69, 9.17) is 10.8 Å². The van der Waals surface area contributed by atoms with Crippen molar-refractivity contribution in [3.8, 4) is 0 Å². The lowest BCUT2D eigenvalue weighted by Crippen LogP contribution is -2.19. The molecule has 0 bridgehead atoms. The number of thiophene rings is 1. The zero-order valence-corrected chi connectivity index (χ0v) is 9.74. The summed E-state index contributed by atoms with van der Waals surface area (Å²) in [6.07, 6.45) is 0. The third-order valence-corrected chi connectivity index (χ3v) is 4.58. The molecule has 1 unspecified atom stereocenters. The van der Waals surface area contributed by atoms with Crippen LogP contribution in [0, 0.1) is 0 Å². The molecule has 1 aromatic heterocycles. The molecule has 66 valence electrons. The van der Waals surface area contributed by atoms with Gasteiger partial charge in [-0.05, 0) is 37.9 Å². The lowest BCUT2D eigenvalue weighted by Gasteiger charge is -2.00. The highest BCUT2D eigenvalue weighted by atomic mass is 79.9. The standard InChI is InChI=1S/C6H5Br2NO2S/c7-2-1-3(12-5(2)8)4(9)6(10)11/h1,4H,9H2,(H,10,11). The highest BCUT2D eigenvalue weighted by molar-refractivity contribution is 9.13. The van der Waals surface area contributed by atoms with Crippen molar-refractivity contribution in [1.82, 2.24) is 0 Å². The number of hydrogen-bond donors (Lipinski definition) is 2. The highest BCUT2D eigenvalue weighted by Crippen LogP contribution is 2.34. The molecule has 0 saturated heterocycles. The number of aliphatic carboxylic acids is 1. The minimum absolute atomic E-state index is 0.626. The van der Waals surface area contributed by atoms with Crippen LogP contribution in [0.2, 0.25) is 0 Å². The van der Waals surface area contributed by atoms with Crippen LogP contribution in [0.4, 0.5) is 0 Å². The molecule has 0 saturated carbocycles. The zero-order valence-electron chi connectivity index (χ0n) is 5.75. The SMILES string of the molecule is NC(C(=O)O)c1cc(Br)c(Br)s1. The van der Waals surface area contributed by atoms with Crippen LogP contribution in [0.1, 0.15) is 10.9 Å². The second-order valence-electron chi connectivity index (χ2n) is 2.09. The van der Waals surface area contributed by atoms with E-state index in [2.05, 4.69) is 31.9 Å². The number of rotatable bonds is 2. The average molecular weight is 315 g/mol. The highest BCUT2D eigenvalue weighted by Gasteiger charge is 2.17. The summed E-state index contributed by atoms with van der Waals surface area (Å²) in [5.41, 5.74) is 5.39. The van der Waals surface area contributed by atoms with Crippen LogP contribution in [-0.4, -0.2) is 11.1 Å². The molecule has 3 nitrogen and oxygen atoms in total. The first kappa shape index (κ1) is 10.2. The van der Waals surface area contributed by atoms with E-state index in [0.717, 1.165) is 8.26 Å². The Morgan fingerprint density at radius 3 is 2.58 bits per heavy atom. The first-order valence-electron chi connectivity index (χ1n) is 2.95. The molecule has 0 amide bonds. The van der Waals surface area contributed by atoms with Gasteiger partial charge in [-0.15, -0.1) is 11.3 Å². The number of carboxylic acids is 1. The molecule has 6 heteroatoms. The van der Waals surface area contributed by atoms with Gasteiger partial charge in [-0.3, -0.25) is 4.79 Å². The van der Waals surface area contributed by atoms with Gasteiger partial charge < -0.3 is 10.8 Å². The molecule has 0 aliphatic heterocycles. The van der Waals surface area contributed by atoms with E-state index in [0.29, 0.717) is 4.88 Å². The first-order valence-corrected chi connectivity index (χ1v) is 5.35. The molecular formula is C6H5Br2NO2S. The predicted molar refractivity (Wildman–Crippen MR) is 54.3 cm³/mol. The van der Waals surface area contributed by atoms with Crippen LogP contribution in [0.3, 0.4) is 0 Å². The van der Waals surface area contributed by atoms with Crippen molar-refractivity contribution in [2.24, 2.45) is 5.73 Å². The third kappa shape index (κ3) is 2.07. The van der Waals surface area contributed by atoms with Crippen molar-refractivity contribution < 1.29 is 9.90 Å². The summed E-state index contributed by atoms with van der Waals surface area (Å²) in [5, 5.41) is 8.59. The van der Waals surface area contributed by atoms with Crippen LogP contribution >= 0.6 is 43.2 Å². The summed E-state index contributed by atoms with van der Waals surface area (Å²) < 4.78 is 1.69. The second-order valence-corrected chi connectivity index (χ2v) is 5.34. The van der Waals surface area contributed by atoms with Crippen molar-refractivity contribution in [2.45, 2.75) is 6.04 Å². The maximum atomic E-state index is 10.5. The lowest BCUT2D eigenvalue weighted by molar-refractivity contribution is -0.138. The Labute approximate surface area is 89.8 Å². The van der Waals surface area contributed by atoms with Crippen molar-refractivity contribution in [3.63, 3.8) is 0 Å². The molecule has 1 atom stereocenters. The van der Waals surface area contributed by atoms with Crippen LogP contribution in [0.15, 0.2) is 14.3 Å². The predicted octanol–water partition coefficient (Wildman–Crippen LogP) is 2.36. The summed E-state index contributed by atoms with van der Waals surface area (Å²) in [6.45, 7) is 0. The normalized spacial score (nSPS) is 12.9.